The highest BCUT2D eigenvalue weighted by molar-refractivity contribution is 5.95. The highest BCUT2D eigenvalue weighted by atomic mass is 16.6. The van der Waals surface area contributed by atoms with Gasteiger partial charge in [-0.3, -0.25) is 4.79 Å². The van der Waals surface area contributed by atoms with Crippen LogP contribution in [0.25, 0.3) is 0 Å². The number of ether oxygens (including phenoxy) is 3. The van der Waals surface area contributed by atoms with Crippen LogP contribution in [-0.4, -0.2) is 49.4 Å². The zero-order valence-electron chi connectivity index (χ0n) is 14.6. The highest BCUT2D eigenvalue weighted by Gasteiger charge is 2.34. The smallest absolute Gasteiger partial charge is 0.269 e. The summed E-state index contributed by atoms with van der Waals surface area (Å²) in [6.07, 6.45) is 0.555. The molecule has 0 spiro atoms. The molecule has 3 heterocycles. The molecule has 1 N–H and O–H groups in total. The lowest BCUT2D eigenvalue weighted by Gasteiger charge is -2.31. The minimum atomic E-state index is -0.719. The fourth-order valence-electron chi connectivity index (χ4n) is 3.06. The fourth-order valence-corrected chi connectivity index (χ4v) is 3.06. The molecule has 7 heteroatoms. The van der Waals surface area contributed by atoms with Crippen molar-refractivity contribution in [2.75, 3.05) is 36.5 Å². The second-order valence-electron chi connectivity index (χ2n) is 6.30. The maximum absolute atomic E-state index is 12.6. The summed E-state index contributed by atoms with van der Waals surface area (Å²) < 4.78 is 16.9. The molecule has 0 bridgehead atoms. The Hall–Kier alpha value is -2.80. The van der Waals surface area contributed by atoms with Crippen LogP contribution in [0, 0.1) is 0 Å². The lowest BCUT2D eigenvalue weighted by molar-refractivity contribution is -0.128. The lowest BCUT2D eigenvalue weighted by Crippen LogP contribution is -2.46. The van der Waals surface area contributed by atoms with E-state index in [-0.39, 0.29) is 12.0 Å². The SMILES string of the molecule is C[C@@H]1Oc2ccccc2O[C@H]1C(=O)Nc1ccc(N2CCOCC2)nc1. The van der Waals surface area contributed by atoms with Crippen LogP contribution >= 0.6 is 0 Å². The first-order valence-electron chi connectivity index (χ1n) is 8.73. The van der Waals surface area contributed by atoms with Crippen LogP contribution in [0.3, 0.4) is 0 Å². The zero-order chi connectivity index (χ0) is 17.9. The van der Waals surface area contributed by atoms with E-state index in [1.165, 1.54) is 0 Å². The number of carbonyl (C=O) groups excluding carboxylic acids is 1. The number of benzene rings is 1. The van der Waals surface area contributed by atoms with E-state index in [1.807, 2.05) is 37.3 Å². The van der Waals surface area contributed by atoms with Gasteiger partial charge in [-0.15, -0.1) is 0 Å². The quantitative estimate of drug-likeness (QED) is 0.909. The number of hydrogen-bond donors (Lipinski definition) is 1. The number of pyridine rings is 1. The van der Waals surface area contributed by atoms with Gasteiger partial charge in [0.1, 0.15) is 11.9 Å². The number of amides is 1. The van der Waals surface area contributed by atoms with Gasteiger partial charge in [0, 0.05) is 13.1 Å². The molecule has 0 unspecified atom stereocenters. The summed E-state index contributed by atoms with van der Waals surface area (Å²) >= 11 is 0. The van der Waals surface area contributed by atoms with Gasteiger partial charge >= 0.3 is 0 Å². The number of carbonyl (C=O) groups is 1. The Bertz CT molecular complexity index is 775. The Kier molecular flexibility index (Phi) is 4.62. The second-order valence-corrected chi connectivity index (χ2v) is 6.30. The summed E-state index contributed by atoms with van der Waals surface area (Å²) in [5.74, 6) is 1.85. The first-order valence-corrected chi connectivity index (χ1v) is 8.73. The van der Waals surface area contributed by atoms with Gasteiger partial charge in [-0.25, -0.2) is 4.98 Å². The average molecular weight is 355 g/mol. The fraction of sp³-hybridized carbons (Fsp3) is 0.368. The number of hydrogen-bond acceptors (Lipinski definition) is 6. The van der Waals surface area contributed by atoms with E-state index < -0.39 is 6.10 Å². The summed E-state index contributed by atoms with van der Waals surface area (Å²) in [6, 6.07) is 11.1. The average Bonchev–Trinajstić information content (AvgIpc) is 2.68. The first-order chi connectivity index (χ1) is 12.7. The van der Waals surface area contributed by atoms with Crippen molar-refractivity contribution < 1.29 is 19.0 Å². The number of morpholine rings is 1. The van der Waals surface area contributed by atoms with Crippen molar-refractivity contribution in [1.82, 2.24) is 4.98 Å². The summed E-state index contributed by atoms with van der Waals surface area (Å²) in [4.78, 5) is 19.2. The van der Waals surface area contributed by atoms with Crippen molar-refractivity contribution in [1.29, 1.82) is 0 Å². The minimum absolute atomic E-state index is 0.257. The molecule has 1 aromatic heterocycles. The van der Waals surface area contributed by atoms with Crippen molar-refractivity contribution in [2.45, 2.75) is 19.1 Å². The van der Waals surface area contributed by atoms with Crippen LogP contribution < -0.4 is 19.7 Å². The van der Waals surface area contributed by atoms with Gasteiger partial charge < -0.3 is 24.4 Å². The maximum atomic E-state index is 12.6. The van der Waals surface area contributed by atoms with E-state index in [0.717, 1.165) is 18.9 Å². The van der Waals surface area contributed by atoms with Crippen molar-refractivity contribution in [3.8, 4) is 11.5 Å². The molecule has 0 radical (unpaired) electrons. The van der Waals surface area contributed by atoms with Crippen molar-refractivity contribution >= 4 is 17.4 Å². The van der Waals surface area contributed by atoms with E-state index in [9.17, 15) is 4.79 Å². The van der Waals surface area contributed by atoms with Gasteiger partial charge in [0.2, 0.25) is 6.10 Å². The molecular weight excluding hydrogens is 334 g/mol. The lowest BCUT2D eigenvalue weighted by atomic mass is 10.1. The minimum Gasteiger partial charge on any atom is -0.482 e. The number of anilines is 2. The molecule has 1 saturated heterocycles. The van der Waals surface area contributed by atoms with E-state index in [4.69, 9.17) is 14.2 Å². The van der Waals surface area contributed by atoms with Gasteiger partial charge in [0.15, 0.2) is 11.5 Å². The predicted molar refractivity (Wildman–Crippen MR) is 96.8 cm³/mol. The number of nitrogens with one attached hydrogen (secondary N) is 1. The monoisotopic (exact) mass is 355 g/mol. The first kappa shape index (κ1) is 16.7. The van der Waals surface area contributed by atoms with E-state index in [2.05, 4.69) is 15.2 Å². The molecular formula is C19H21N3O4. The van der Waals surface area contributed by atoms with Gasteiger partial charge in [-0.1, -0.05) is 12.1 Å². The molecule has 4 rings (SSSR count). The normalized spacial score (nSPS) is 22.0. The molecule has 2 aliphatic rings. The number of nitrogens with zero attached hydrogens (tertiary/aromatic N) is 2. The van der Waals surface area contributed by atoms with Crippen LogP contribution in [0.4, 0.5) is 11.5 Å². The van der Waals surface area contributed by atoms with E-state index in [0.29, 0.717) is 30.4 Å². The van der Waals surface area contributed by atoms with Gasteiger partial charge in [0.05, 0.1) is 25.1 Å². The largest absolute Gasteiger partial charge is 0.482 e. The van der Waals surface area contributed by atoms with Gasteiger partial charge in [-0.2, -0.15) is 0 Å². The molecule has 26 heavy (non-hydrogen) atoms. The molecule has 1 fully saturated rings. The summed E-state index contributed by atoms with van der Waals surface area (Å²) in [5.41, 5.74) is 0.627. The predicted octanol–water partition coefficient (Wildman–Crippen LogP) is 2.09. The third-order valence-electron chi connectivity index (χ3n) is 4.45. The number of para-hydroxylation sites is 2. The van der Waals surface area contributed by atoms with Crippen molar-refractivity contribution in [3.63, 3.8) is 0 Å². The summed E-state index contributed by atoms with van der Waals surface area (Å²) in [7, 11) is 0. The molecule has 7 nitrogen and oxygen atoms in total. The van der Waals surface area contributed by atoms with Gasteiger partial charge in [-0.05, 0) is 31.2 Å². The number of aromatic nitrogens is 1. The standard InChI is InChI=1S/C19H21N3O4/c1-13-18(26-16-5-3-2-4-15(16)25-13)19(23)21-14-6-7-17(20-12-14)22-8-10-24-11-9-22/h2-7,12-13,18H,8-11H2,1H3,(H,21,23)/t13-,18+/m0/s1. The van der Waals surface area contributed by atoms with Crippen LogP contribution in [0.2, 0.25) is 0 Å². The number of fused-ring (bicyclic) bond motifs is 1. The van der Waals surface area contributed by atoms with Crippen LogP contribution in [0.15, 0.2) is 42.6 Å². The Balaban J connectivity index is 1.41. The Morgan fingerprint density at radius 2 is 1.85 bits per heavy atom. The van der Waals surface area contributed by atoms with Crippen molar-refractivity contribution in [2.24, 2.45) is 0 Å². The maximum Gasteiger partial charge on any atom is 0.269 e. The van der Waals surface area contributed by atoms with Crippen LogP contribution in [-0.2, 0) is 9.53 Å². The molecule has 136 valence electrons. The van der Waals surface area contributed by atoms with Crippen LogP contribution in [0.5, 0.6) is 11.5 Å². The van der Waals surface area contributed by atoms with Crippen LogP contribution in [0.1, 0.15) is 6.92 Å². The summed E-state index contributed by atoms with van der Waals surface area (Å²) in [6.45, 7) is 4.88. The molecule has 2 aliphatic heterocycles. The topological polar surface area (TPSA) is 72.9 Å². The number of rotatable bonds is 3. The molecule has 2 atom stereocenters. The molecule has 0 aliphatic carbocycles. The molecule has 1 aromatic carbocycles. The molecule has 2 aromatic rings. The van der Waals surface area contributed by atoms with Crippen molar-refractivity contribution in [3.05, 3.63) is 42.6 Å². The molecule has 0 saturated carbocycles. The zero-order valence-corrected chi connectivity index (χ0v) is 14.6. The van der Waals surface area contributed by atoms with E-state index >= 15 is 0 Å². The summed E-state index contributed by atoms with van der Waals surface area (Å²) in [5, 5.41) is 2.85. The second kappa shape index (κ2) is 7.21. The third kappa shape index (κ3) is 3.43. The molecule has 1 amide bonds. The highest BCUT2D eigenvalue weighted by Crippen LogP contribution is 2.33. The Morgan fingerprint density at radius 1 is 1.12 bits per heavy atom. The Morgan fingerprint density at radius 3 is 2.54 bits per heavy atom. The van der Waals surface area contributed by atoms with Gasteiger partial charge in [0.25, 0.3) is 5.91 Å². The van der Waals surface area contributed by atoms with E-state index in [1.54, 1.807) is 12.3 Å². The Labute approximate surface area is 151 Å². The third-order valence-corrected chi connectivity index (χ3v) is 4.45.